The third-order valence-electron chi connectivity index (χ3n) is 3.91. The van der Waals surface area contributed by atoms with Gasteiger partial charge in [-0.2, -0.15) is 0 Å². The van der Waals surface area contributed by atoms with Gasteiger partial charge in [-0.05, 0) is 24.5 Å². The van der Waals surface area contributed by atoms with Crippen LogP contribution in [0.3, 0.4) is 0 Å². The number of carbonyl (C=O) groups excluding carboxylic acids is 2. The number of amides is 2. The van der Waals surface area contributed by atoms with E-state index in [2.05, 4.69) is 24.4 Å². The third kappa shape index (κ3) is 5.15. The first-order valence-electron chi connectivity index (χ1n) is 7.83. The van der Waals surface area contributed by atoms with E-state index in [0.717, 1.165) is 6.42 Å². The van der Waals surface area contributed by atoms with Crippen LogP contribution in [0.1, 0.15) is 24.0 Å². The zero-order valence-corrected chi connectivity index (χ0v) is 13.1. The average molecular weight is 304 g/mol. The summed E-state index contributed by atoms with van der Waals surface area (Å²) in [6.45, 7) is 5.12. The lowest BCUT2D eigenvalue weighted by Gasteiger charge is -2.26. The van der Waals surface area contributed by atoms with Crippen LogP contribution in [0.15, 0.2) is 24.3 Å². The first kappa shape index (κ1) is 16.5. The Hall–Kier alpha value is -1.88. The monoisotopic (exact) mass is 304 g/mol. The number of nitrogens with one attached hydrogen (secondary N) is 1. The van der Waals surface area contributed by atoms with Crippen LogP contribution >= 0.6 is 0 Å². The number of nitrogens with zero attached hydrogens (tertiary/aromatic N) is 1. The smallest absolute Gasteiger partial charge is 0.223 e. The normalized spacial score (nSPS) is 14.7. The Morgan fingerprint density at radius 1 is 1.18 bits per heavy atom. The van der Waals surface area contributed by atoms with Crippen LogP contribution in [0.5, 0.6) is 0 Å². The van der Waals surface area contributed by atoms with Gasteiger partial charge in [-0.3, -0.25) is 9.59 Å². The molecule has 2 rings (SSSR count). The lowest BCUT2D eigenvalue weighted by atomic mass is 10.1. The van der Waals surface area contributed by atoms with Crippen LogP contribution < -0.4 is 5.32 Å². The van der Waals surface area contributed by atoms with E-state index in [4.69, 9.17) is 4.74 Å². The average Bonchev–Trinajstić information content (AvgIpc) is 2.55. The molecule has 22 heavy (non-hydrogen) atoms. The van der Waals surface area contributed by atoms with Crippen LogP contribution in [-0.4, -0.2) is 49.6 Å². The molecule has 0 aliphatic carbocycles. The van der Waals surface area contributed by atoms with Gasteiger partial charge in [0.2, 0.25) is 11.8 Å². The number of carbonyl (C=O) groups is 2. The van der Waals surface area contributed by atoms with Crippen molar-refractivity contribution in [2.24, 2.45) is 0 Å². The SMILES string of the molecule is Cc1ccccc1CCNC(=O)CCC(=O)N1CCOCC1. The third-order valence-corrected chi connectivity index (χ3v) is 3.91. The highest BCUT2D eigenvalue weighted by Gasteiger charge is 2.17. The predicted octanol–water partition coefficient (Wildman–Crippen LogP) is 1.29. The topological polar surface area (TPSA) is 58.6 Å². The number of benzene rings is 1. The molecule has 1 saturated heterocycles. The second-order valence-electron chi connectivity index (χ2n) is 5.52. The van der Waals surface area contributed by atoms with Gasteiger partial charge >= 0.3 is 0 Å². The maximum atomic E-state index is 11.9. The number of aryl methyl sites for hydroxylation is 1. The minimum atomic E-state index is -0.0600. The molecule has 0 atom stereocenters. The van der Waals surface area contributed by atoms with Crippen molar-refractivity contribution < 1.29 is 14.3 Å². The highest BCUT2D eigenvalue weighted by atomic mass is 16.5. The molecule has 5 heteroatoms. The summed E-state index contributed by atoms with van der Waals surface area (Å²) in [6, 6.07) is 8.15. The molecule has 1 aliphatic rings. The molecule has 0 bridgehead atoms. The zero-order valence-electron chi connectivity index (χ0n) is 13.1. The van der Waals surface area contributed by atoms with Crippen LogP contribution in [0, 0.1) is 6.92 Å². The highest BCUT2D eigenvalue weighted by molar-refractivity contribution is 5.83. The summed E-state index contributed by atoms with van der Waals surface area (Å²) in [5.41, 5.74) is 2.48. The fourth-order valence-corrected chi connectivity index (χ4v) is 2.51. The van der Waals surface area contributed by atoms with E-state index in [1.807, 2.05) is 12.1 Å². The number of hydrogen-bond acceptors (Lipinski definition) is 3. The van der Waals surface area contributed by atoms with E-state index in [-0.39, 0.29) is 24.7 Å². The van der Waals surface area contributed by atoms with Crippen molar-refractivity contribution >= 4 is 11.8 Å². The fourth-order valence-electron chi connectivity index (χ4n) is 2.51. The molecule has 0 unspecified atom stereocenters. The molecule has 1 aromatic rings. The van der Waals surface area contributed by atoms with Crippen LogP contribution in [-0.2, 0) is 20.7 Å². The molecule has 0 aromatic heterocycles. The van der Waals surface area contributed by atoms with Gasteiger partial charge < -0.3 is 15.0 Å². The van der Waals surface area contributed by atoms with Gasteiger partial charge in [-0.1, -0.05) is 24.3 Å². The Balaban J connectivity index is 1.63. The Morgan fingerprint density at radius 2 is 1.91 bits per heavy atom. The van der Waals surface area contributed by atoms with Crippen molar-refractivity contribution in [1.29, 1.82) is 0 Å². The largest absolute Gasteiger partial charge is 0.378 e. The lowest BCUT2D eigenvalue weighted by molar-refractivity contribution is -0.137. The molecule has 2 amide bonds. The number of hydrogen-bond donors (Lipinski definition) is 1. The number of morpholine rings is 1. The predicted molar refractivity (Wildman–Crippen MR) is 84.5 cm³/mol. The second-order valence-corrected chi connectivity index (χ2v) is 5.52. The molecule has 1 aliphatic heterocycles. The molecule has 0 radical (unpaired) electrons. The standard InChI is InChI=1S/C17H24N2O3/c1-14-4-2-3-5-15(14)8-9-18-16(20)6-7-17(21)19-10-12-22-13-11-19/h2-5H,6-13H2,1H3,(H,18,20). The minimum Gasteiger partial charge on any atom is -0.378 e. The van der Waals surface area contributed by atoms with E-state index in [1.165, 1.54) is 11.1 Å². The summed E-state index contributed by atoms with van der Waals surface area (Å²) >= 11 is 0. The molecule has 0 spiro atoms. The molecule has 1 fully saturated rings. The lowest BCUT2D eigenvalue weighted by Crippen LogP contribution is -2.41. The van der Waals surface area contributed by atoms with Gasteiger partial charge in [0.05, 0.1) is 13.2 Å². The summed E-state index contributed by atoms with van der Waals surface area (Å²) in [6.07, 6.45) is 1.34. The van der Waals surface area contributed by atoms with Gasteiger partial charge in [0.1, 0.15) is 0 Å². The molecule has 120 valence electrons. The van der Waals surface area contributed by atoms with Crippen molar-refractivity contribution in [3.8, 4) is 0 Å². The molecule has 1 aromatic carbocycles. The minimum absolute atomic E-state index is 0.0392. The Bertz CT molecular complexity index is 510. The van der Waals surface area contributed by atoms with E-state index in [9.17, 15) is 9.59 Å². The zero-order chi connectivity index (χ0) is 15.8. The number of rotatable bonds is 6. The van der Waals surface area contributed by atoms with E-state index in [1.54, 1.807) is 4.90 Å². The van der Waals surface area contributed by atoms with Gasteiger partial charge in [-0.15, -0.1) is 0 Å². The van der Waals surface area contributed by atoms with Crippen LogP contribution in [0.25, 0.3) is 0 Å². The molecular weight excluding hydrogens is 280 g/mol. The molecule has 1 heterocycles. The Morgan fingerprint density at radius 3 is 2.64 bits per heavy atom. The summed E-state index contributed by atoms with van der Waals surface area (Å²) in [4.78, 5) is 25.5. The van der Waals surface area contributed by atoms with E-state index in [0.29, 0.717) is 32.8 Å². The van der Waals surface area contributed by atoms with Crippen molar-refractivity contribution in [3.63, 3.8) is 0 Å². The maximum Gasteiger partial charge on any atom is 0.223 e. The number of ether oxygens (including phenoxy) is 1. The van der Waals surface area contributed by atoms with Crippen molar-refractivity contribution in [1.82, 2.24) is 10.2 Å². The van der Waals surface area contributed by atoms with Gasteiger partial charge in [0.25, 0.3) is 0 Å². The van der Waals surface area contributed by atoms with Crippen LogP contribution in [0.2, 0.25) is 0 Å². The molecule has 1 N–H and O–H groups in total. The summed E-state index contributed by atoms with van der Waals surface area (Å²) in [5.74, 6) is -0.0208. The summed E-state index contributed by atoms with van der Waals surface area (Å²) in [7, 11) is 0. The first-order chi connectivity index (χ1) is 10.7. The first-order valence-corrected chi connectivity index (χ1v) is 7.83. The Labute approximate surface area is 131 Å². The highest BCUT2D eigenvalue weighted by Crippen LogP contribution is 2.07. The quantitative estimate of drug-likeness (QED) is 0.861. The van der Waals surface area contributed by atoms with Gasteiger partial charge in [0.15, 0.2) is 0 Å². The summed E-state index contributed by atoms with van der Waals surface area (Å²) < 4.78 is 5.21. The molecule has 5 nitrogen and oxygen atoms in total. The van der Waals surface area contributed by atoms with Gasteiger partial charge in [0, 0.05) is 32.5 Å². The van der Waals surface area contributed by atoms with Crippen LogP contribution in [0.4, 0.5) is 0 Å². The summed E-state index contributed by atoms with van der Waals surface area (Å²) in [5, 5.41) is 2.88. The maximum absolute atomic E-state index is 11.9. The molecular formula is C17H24N2O3. The van der Waals surface area contributed by atoms with E-state index < -0.39 is 0 Å². The van der Waals surface area contributed by atoms with Crippen molar-refractivity contribution in [2.45, 2.75) is 26.2 Å². The fraction of sp³-hybridized carbons (Fsp3) is 0.529. The van der Waals surface area contributed by atoms with E-state index >= 15 is 0 Å². The van der Waals surface area contributed by atoms with Crippen molar-refractivity contribution in [2.75, 3.05) is 32.8 Å². The van der Waals surface area contributed by atoms with Gasteiger partial charge in [-0.25, -0.2) is 0 Å². The molecule has 0 saturated carbocycles. The second kappa shape index (κ2) is 8.54. The van der Waals surface area contributed by atoms with Crippen molar-refractivity contribution in [3.05, 3.63) is 35.4 Å². The Kier molecular flexibility index (Phi) is 6.40.